The SMILES string of the molecule is CCCCCCCCCCCCCCCCCCOCCO.CCCCCCCCCCCCCCCCOCCO. The molecule has 42 heavy (non-hydrogen) atoms. The molecular formula is C38H80O4. The van der Waals surface area contributed by atoms with E-state index in [0.717, 1.165) is 26.1 Å². The fraction of sp³-hybridized carbons (Fsp3) is 1.00. The first-order chi connectivity index (χ1) is 20.8. The zero-order chi connectivity index (χ0) is 30.9. The van der Waals surface area contributed by atoms with E-state index in [0.29, 0.717) is 13.2 Å². The molecule has 0 aromatic rings. The standard InChI is InChI=1S/C20H42O2.C18H38O2/c1-2-3-4-5-6-7-8-9-10-11-12-13-14-15-16-17-19-22-20-18-21;1-2-3-4-5-6-7-8-9-10-11-12-13-14-15-17-20-18-16-19/h21H,2-20H2,1H3;19H,2-18H2,1H3. The largest absolute Gasteiger partial charge is 0.394 e. The zero-order valence-corrected chi connectivity index (χ0v) is 29.2. The molecule has 0 fully saturated rings. The van der Waals surface area contributed by atoms with Gasteiger partial charge < -0.3 is 19.7 Å². The predicted molar refractivity (Wildman–Crippen MR) is 186 cm³/mol. The number of ether oxygens (including phenoxy) is 2. The number of aliphatic hydroxyl groups is 2. The maximum atomic E-state index is 8.58. The molecule has 0 aliphatic heterocycles. The van der Waals surface area contributed by atoms with E-state index in [-0.39, 0.29) is 13.2 Å². The van der Waals surface area contributed by atoms with Gasteiger partial charge in [0.2, 0.25) is 0 Å². The highest BCUT2D eigenvalue weighted by molar-refractivity contribution is 4.51. The van der Waals surface area contributed by atoms with Crippen LogP contribution in [0.25, 0.3) is 0 Å². The van der Waals surface area contributed by atoms with Crippen molar-refractivity contribution in [2.45, 2.75) is 206 Å². The van der Waals surface area contributed by atoms with E-state index >= 15 is 0 Å². The first-order valence-electron chi connectivity index (χ1n) is 19.2. The normalized spacial score (nSPS) is 11.1. The predicted octanol–water partition coefficient (Wildman–Crippen LogP) is 11.7. The van der Waals surface area contributed by atoms with Crippen molar-refractivity contribution in [1.82, 2.24) is 0 Å². The highest BCUT2D eigenvalue weighted by Gasteiger charge is 1.96. The fourth-order valence-electron chi connectivity index (χ4n) is 5.48. The van der Waals surface area contributed by atoms with E-state index in [1.54, 1.807) is 0 Å². The van der Waals surface area contributed by atoms with Gasteiger partial charge in [-0.15, -0.1) is 0 Å². The molecule has 0 heterocycles. The second kappa shape index (κ2) is 45.3. The van der Waals surface area contributed by atoms with Gasteiger partial charge >= 0.3 is 0 Å². The molecule has 4 nitrogen and oxygen atoms in total. The molecule has 0 bridgehead atoms. The average Bonchev–Trinajstić information content (AvgIpc) is 3.00. The minimum absolute atomic E-state index is 0.151. The number of hydrogen-bond acceptors (Lipinski definition) is 4. The van der Waals surface area contributed by atoms with Crippen molar-refractivity contribution in [3.8, 4) is 0 Å². The van der Waals surface area contributed by atoms with Gasteiger partial charge in [0.15, 0.2) is 0 Å². The summed E-state index contributed by atoms with van der Waals surface area (Å²) in [4.78, 5) is 0. The summed E-state index contributed by atoms with van der Waals surface area (Å²) >= 11 is 0. The molecule has 0 saturated carbocycles. The van der Waals surface area contributed by atoms with Crippen molar-refractivity contribution >= 4 is 0 Å². The molecular weight excluding hydrogens is 520 g/mol. The summed E-state index contributed by atoms with van der Waals surface area (Å²) in [5, 5.41) is 17.1. The van der Waals surface area contributed by atoms with E-state index < -0.39 is 0 Å². The van der Waals surface area contributed by atoms with E-state index in [2.05, 4.69) is 13.8 Å². The van der Waals surface area contributed by atoms with Gasteiger partial charge in [0.25, 0.3) is 0 Å². The van der Waals surface area contributed by atoms with Gasteiger partial charge in [-0.25, -0.2) is 0 Å². The molecule has 0 unspecified atom stereocenters. The van der Waals surface area contributed by atoms with Crippen molar-refractivity contribution in [2.24, 2.45) is 0 Å². The van der Waals surface area contributed by atoms with Crippen LogP contribution in [0.4, 0.5) is 0 Å². The maximum absolute atomic E-state index is 8.58. The van der Waals surface area contributed by atoms with Crippen LogP contribution in [0, 0.1) is 0 Å². The average molecular weight is 601 g/mol. The summed E-state index contributed by atoms with van der Waals surface area (Å²) in [5.41, 5.74) is 0. The fourth-order valence-corrected chi connectivity index (χ4v) is 5.48. The Bertz CT molecular complexity index is 380. The second-order valence-electron chi connectivity index (χ2n) is 12.6. The van der Waals surface area contributed by atoms with Crippen molar-refractivity contribution in [2.75, 3.05) is 39.6 Å². The van der Waals surface area contributed by atoms with Crippen molar-refractivity contribution < 1.29 is 19.7 Å². The number of aliphatic hydroxyl groups excluding tert-OH is 2. The summed E-state index contributed by atoms with van der Waals surface area (Å²) in [6.45, 7) is 7.50. The maximum Gasteiger partial charge on any atom is 0.0697 e. The van der Waals surface area contributed by atoms with Crippen LogP contribution >= 0.6 is 0 Å². The van der Waals surface area contributed by atoms with Gasteiger partial charge in [0.05, 0.1) is 26.4 Å². The van der Waals surface area contributed by atoms with Gasteiger partial charge in [0.1, 0.15) is 0 Å². The molecule has 0 rings (SSSR count). The highest BCUT2D eigenvalue weighted by atomic mass is 16.5. The molecule has 0 aliphatic rings. The van der Waals surface area contributed by atoms with Crippen LogP contribution in [0.1, 0.15) is 206 Å². The lowest BCUT2D eigenvalue weighted by Crippen LogP contribution is -2.00. The Balaban J connectivity index is 0. The van der Waals surface area contributed by atoms with Gasteiger partial charge in [-0.2, -0.15) is 0 Å². The molecule has 0 aliphatic carbocycles. The first kappa shape index (κ1) is 44.0. The van der Waals surface area contributed by atoms with Crippen LogP contribution in [0.3, 0.4) is 0 Å². The Morgan fingerprint density at radius 2 is 0.452 bits per heavy atom. The number of hydrogen-bond donors (Lipinski definition) is 2. The summed E-state index contributed by atoms with van der Waals surface area (Å²) in [6, 6.07) is 0. The van der Waals surface area contributed by atoms with E-state index in [9.17, 15) is 0 Å². The minimum Gasteiger partial charge on any atom is -0.394 e. The van der Waals surface area contributed by atoms with Gasteiger partial charge in [-0.1, -0.05) is 194 Å². The smallest absolute Gasteiger partial charge is 0.0697 e. The molecule has 0 aromatic carbocycles. The van der Waals surface area contributed by atoms with E-state index in [1.165, 1.54) is 180 Å². The molecule has 0 radical (unpaired) electrons. The molecule has 4 heteroatoms. The van der Waals surface area contributed by atoms with Crippen molar-refractivity contribution in [3.05, 3.63) is 0 Å². The van der Waals surface area contributed by atoms with Gasteiger partial charge in [-0.3, -0.25) is 0 Å². The van der Waals surface area contributed by atoms with Crippen LogP contribution in [-0.2, 0) is 9.47 Å². The Hall–Kier alpha value is -0.160. The van der Waals surface area contributed by atoms with Crippen LogP contribution in [0.5, 0.6) is 0 Å². The van der Waals surface area contributed by atoms with Gasteiger partial charge in [-0.05, 0) is 12.8 Å². The second-order valence-corrected chi connectivity index (χ2v) is 12.6. The lowest BCUT2D eigenvalue weighted by molar-refractivity contribution is 0.0895. The number of rotatable bonds is 36. The summed E-state index contributed by atoms with van der Waals surface area (Å²) in [6.07, 6.45) is 41.9. The Morgan fingerprint density at radius 1 is 0.262 bits per heavy atom. The molecule has 0 amide bonds. The summed E-state index contributed by atoms with van der Waals surface area (Å²) in [7, 11) is 0. The van der Waals surface area contributed by atoms with Crippen molar-refractivity contribution in [3.63, 3.8) is 0 Å². The third kappa shape index (κ3) is 46.8. The molecule has 0 spiro atoms. The minimum atomic E-state index is 0.151. The first-order valence-corrected chi connectivity index (χ1v) is 19.2. The molecule has 256 valence electrons. The third-order valence-electron chi connectivity index (χ3n) is 8.26. The van der Waals surface area contributed by atoms with Crippen LogP contribution in [-0.4, -0.2) is 49.9 Å². The summed E-state index contributed by atoms with van der Waals surface area (Å²) in [5.74, 6) is 0. The quantitative estimate of drug-likeness (QED) is 0.0702. The molecule has 0 saturated heterocycles. The lowest BCUT2D eigenvalue weighted by atomic mass is 10.0. The van der Waals surface area contributed by atoms with Gasteiger partial charge in [0, 0.05) is 13.2 Å². The topological polar surface area (TPSA) is 58.9 Å². The lowest BCUT2D eigenvalue weighted by Gasteiger charge is -2.04. The molecule has 0 atom stereocenters. The number of unbranched alkanes of at least 4 members (excludes halogenated alkanes) is 28. The van der Waals surface area contributed by atoms with E-state index in [4.69, 9.17) is 19.7 Å². The monoisotopic (exact) mass is 601 g/mol. The zero-order valence-electron chi connectivity index (χ0n) is 29.2. The van der Waals surface area contributed by atoms with E-state index in [1.807, 2.05) is 0 Å². The molecule has 0 aromatic heterocycles. The van der Waals surface area contributed by atoms with Crippen LogP contribution in [0.2, 0.25) is 0 Å². The van der Waals surface area contributed by atoms with Crippen LogP contribution in [0.15, 0.2) is 0 Å². The third-order valence-corrected chi connectivity index (χ3v) is 8.26. The summed E-state index contributed by atoms with van der Waals surface area (Å²) < 4.78 is 10.5. The molecule has 2 N–H and O–H groups in total. The van der Waals surface area contributed by atoms with Crippen molar-refractivity contribution in [1.29, 1.82) is 0 Å². The Kier molecular flexibility index (Phi) is 47.4. The highest BCUT2D eigenvalue weighted by Crippen LogP contribution is 2.14. The Labute approximate surface area is 265 Å². The van der Waals surface area contributed by atoms with Crippen LogP contribution < -0.4 is 0 Å². The Morgan fingerprint density at radius 3 is 0.643 bits per heavy atom.